The number of sulfone groups is 1. The van der Waals surface area contributed by atoms with Crippen molar-refractivity contribution in [2.45, 2.75) is 17.4 Å². The Kier molecular flexibility index (Phi) is 4.63. The van der Waals surface area contributed by atoms with Crippen molar-refractivity contribution in [3.8, 4) is 0 Å². The van der Waals surface area contributed by atoms with Gasteiger partial charge in [-0.3, -0.25) is 4.79 Å². The number of nitrogens with two attached hydrogens (primary N) is 1. The molecule has 2 aromatic rings. The van der Waals surface area contributed by atoms with Crippen molar-refractivity contribution in [2.24, 2.45) is 5.73 Å². The predicted octanol–water partition coefficient (Wildman–Crippen LogP) is 1.82. The minimum atomic E-state index is -3.64. The van der Waals surface area contributed by atoms with Gasteiger partial charge in [0, 0.05) is 5.69 Å². The summed E-state index contributed by atoms with van der Waals surface area (Å²) in [4.78, 5) is 12.4. The summed E-state index contributed by atoms with van der Waals surface area (Å²) in [6.07, 6.45) is 0. The highest BCUT2D eigenvalue weighted by Crippen LogP contribution is 2.17. The molecule has 0 fully saturated rings. The van der Waals surface area contributed by atoms with E-state index in [1.54, 1.807) is 42.5 Å². The van der Waals surface area contributed by atoms with E-state index in [9.17, 15) is 13.2 Å². The minimum Gasteiger partial charge on any atom is -0.324 e. The molecule has 1 amide bonds. The summed E-state index contributed by atoms with van der Waals surface area (Å²) in [5, 5.41) is 2.63. The van der Waals surface area contributed by atoms with Crippen molar-refractivity contribution in [3.05, 3.63) is 60.7 Å². The van der Waals surface area contributed by atoms with Crippen molar-refractivity contribution in [3.63, 3.8) is 0 Å². The number of amides is 1. The predicted molar refractivity (Wildman–Crippen MR) is 86.2 cm³/mol. The molecular formula is C16H18N2O3S. The molecule has 0 bridgehead atoms. The van der Waals surface area contributed by atoms with Gasteiger partial charge in [-0.15, -0.1) is 0 Å². The maximum absolute atomic E-state index is 12.3. The van der Waals surface area contributed by atoms with Gasteiger partial charge in [0.15, 0.2) is 9.84 Å². The van der Waals surface area contributed by atoms with Crippen LogP contribution in [0.25, 0.3) is 0 Å². The van der Waals surface area contributed by atoms with Crippen LogP contribution in [0.3, 0.4) is 0 Å². The first-order valence-electron chi connectivity index (χ1n) is 6.74. The van der Waals surface area contributed by atoms with Gasteiger partial charge in [-0.2, -0.15) is 0 Å². The Hall–Kier alpha value is -2.18. The molecule has 0 heterocycles. The van der Waals surface area contributed by atoms with E-state index in [-0.39, 0.29) is 4.90 Å². The second kappa shape index (κ2) is 6.29. The zero-order valence-electron chi connectivity index (χ0n) is 12.2. The standard InChI is InChI=1S/C16H18N2O3S/c1-16(17,15(19)18-13-8-4-2-5-9-13)12-22(20,21)14-10-6-3-7-11-14/h2-11H,12,17H2,1H3,(H,18,19). The lowest BCUT2D eigenvalue weighted by atomic mass is 10.1. The van der Waals surface area contributed by atoms with Crippen LogP contribution >= 0.6 is 0 Å². The van der Waals surface area contributed by atoms with Crippen molar-refractivity contribution >= 4 is 21.4 Å². The number of carbonyl (C=O) groups excluding carboxylic acids is 1. The van der Waals surface area contributed by atoms with E-state index in [1.807, 2.05) is 6.07 Å². The molecule has 0 spiro atoms. The summed E-state index contributed by atoms with van der Waals surface area (Å²) in [6, 6.07) is 16.7. The van der Waals surface area contributed by atoms with Crippen molar-refractivity contribution in [1.82, 2.24) is 0 Å². The number of para-hydroxylation sites is 1. The molecule has 0 saturated heterocycles. The Bertz CT molecular complexity index is 741. The summed E-state index contributed by atoms with van der Waals surface area (Å²) in [7, 11) is -3.64. The van der Waals surface area contributed by atoms with E-state index in [0.29, 0.717) is 5.69 Å². The molecule has 2 rings (SSSR count). The molecule has 0 aliphatic carbocycles. The zero-order chi connectivity index (χ0) is 16.2. The van der Waals surface area contributed by atoms with Crippen LogP contribution in [0.2, 0.25) is 0 Å². The topological polar surface area (TPSA) is 89.3 Å². The summed E-state index contributed by atoms with van der Waals surface area (Å²) < 4.78 is 24.7. The van der Waals surface area contributed by atoms with E-state index in [1.165, 1.54) is 19.1 Å². The van der Waals surface area contributed by atoms with E-state index in [2.05, 4.69) is 5.32 Å². The Morgan fingerprint density at radius 3 is 2.09 bits per heavy atom. The van der Waals surface area contributed by atoms with Crippen molar-refractivity contribution in [2.75, 3.05) is 11.1 Å². The Morgan fingerprint density at radius 2 is 1.55 bits per heavy atom. The van der Waals surface area contributed by atoms with Gasteiger partial charge in [-0.05, 0) is 31.2 Å². The van der Waals surface area contributed by atoms with E-state index < -0.39 is 27.0 Å². The van der Waals surface area contributed by atoms with Gasteiger partial charge in [0.1, 0.15) is 5.54 Å². The highest BCUT2D eigenvalue weighted by Gasteiger charge is 2.35. The van der Waals surface area contributed by atoms with Crippen LogP contribution in [0.1, 0.15) is 6.92 Å². The van der Waals surface area contributed by atoms with Gasteiger partial charge < -0.3 is 11.1 Å². The smallest absolute Gasteiger partial charge is 0.245 e. The summed E-state index contributed by atoms with van der Waals surface area (Å²) in [6.45, 7) is 1.41. The lowest BCUT2D eigenvalue weighted by molar-refractivity contribution is -0.119. The van der Waals surface area contributed by atoms with Crippen LogP contribution in [0.5, 0.6) is 0 Å². The average molecular weight is 318 g/mol. The number of rotatable bonds is 5. The summed E-state index contributed by atoms with van der Waals surface area (Å²) >= 11 is 0. The Balaban J connectivity index is 2.15. The third-order valence-electron chi connectivity index (χ3n) is 3.14. The van der Waals surface area contributed by atoms with Gasteiger partial charge in [-0.1, -0.05) is 36.4 Å². The number of nitrogens with one attached hydrogen (secondary N) is 1. The number of anilines is 1. The number of hydrogen-bond acceptors (Lipinski definition) is 4. The molecule has 0 aliphatic rings. The van der Waals surface area contributed by atoms with E-state index in [4.69, 9.17) is 5.73 Å². The fourth-order valence-corrected chi connectivity index (χ4v) is 3.63. The number of benzene rings is 2. The molecule has 3 N–H and O–H groups in total. The van der Waals surface area contributed by atoms with Crippen LogP contribution < -0.4 is 11.1 Å². The first-order chi connectivity index (χ1) is 10.3. The van der Waals surface area contributed by atoms with Crippen LogP contribution in [-0.4, -0.2) is 25.6 Å². The lowest BCUT2D eigenvalue weighted by Crippen LogP contribution is -2.53. The van der Waals surface area contributed by atoms with Gasteiger partial charge in [0.2, 0.25) is 5.91 Å². The fraction of sp³-hybridized carbons (Fsp3) is 0.188. The average Bonchev–Trinajstić information content (AvgIpc) is 2.48. The van der Waals surface area contributed by atoms with Crippen LogP contribution in [0.4, 0.5) is 5.69 Å². The first kappa shape index (κ1) is 16.2. The van der Waals surface area contributed by atoms with Crippen LogP contribution in [-0.2, 0) is 14.6 Å². The minimum absolute atomic E-state index is 0.152. The molecule has 2 aromatic carbocycles. The van der Waals surface area contributed by atoms with E-state index >= 15 is 0 Å². The highest BCUT2D eigenvalue weighted by atomic mass is 32.2. The molecular weight excluding hydrogens is 300 g/mol. The monoisotopic (exact) mass is 318 g/mol. The normalized spacial score (nSPS) is 14.1. The maximum Gasteiger partial charge on any atom is 0.245 e. The van der Waals surface area contributed by atoms with Gasteiger partial charge in [-0.25, -0.2) is 8.42 Å². The van der Waals surface area contributed by atoms with Gasteiger partial charge >= 0.3 is 0 Å². The lowest BCUT2D eigenvalue weighted by Gasteiger charge is -2.23. The first-order valence-corrected chi connectivity index (χ1v) is 8.40. The number of carbonyl (C=O) groups is 1. The Morgan fingerprint density at radius 1 is 1.05 bits per heavy atom. The molecule has 1 unspecified atom stereocenters. The van der Waals surface area contributed by atoms with E-state index in [0.717, 1.165) is 0 Å². The zero-order valence-corrected chi connectivity index (χ0v) is 13.0. The molecule has 0 aromatic heterocycles. The second-order valence-electron chi connectivity index (χ2n) is 5.31. The van der Waals surface area contributed by atoms with Crippen LogP contribution in [0.15, 0.2) is 65.6 Å². The molecule has 5 nitrogen and oxygen atoms in total. The van der Waals surface area contributed by atoms with Crippen molar-refractivity contribution < 1.29 is 13.2 Å². The van der Waals surface area contributed by atoms with Crippen LogP contribution in [0, 0.1) is 0 Å². The maximum atomic E-state index is 12.3. The second-order valence-corrected chi connectivity index (χ2v) is 7.30. The SMILES string of the molecule is CC(N)(CS(=O)(=O)c1ccccc1)C(=O)Nc1ccccc1. The molecule has 22 heavy (non-hydrogen) atoms. The number of hydrogen-bond donors (Lipinski definition) is 2. The third kappa shape index (κ3) is 3.93. The summed E-state index contributed by atoms with van der Waals surface area (Å²) in [5.41, 5.74) is 4.97. The van der Waals surface area contributed by atoms with Crippen molar-refractivity contribution in [1.29, 1.82) is 0 Å². The quantitative estimate of drug-likeness (QED) is 0.880. The highest BCUT2D eigenvalue weighted by molar-refractivity contribution is 7.91. The molecule has 0 radical (unpaired) electrons. The fourth-order valence-electron chi connectivity index (χ4n) is 1.97. The Labute approximate surface area is 130 Å². The summed E-state index contributed by atoms with van der Waals surface area (Å²) in [5.74, 6) is -1.01. The molecule has 0 saturated carbocycles. The molecule has 0 aliphatic heterocycles. The van der Waals surface area contributed by atoms with Gasteiger partial charge in [0.05, 0.1) is 10.6 Å². The largest absolute Gasteiger partial charge is 0.324 e. The molecule has 1 atom stereocenters. The van der Waals surface area contributed by atoms with Gasteiger partial charge in [0.25, 0.3) is 0 Å². The third-order valence-corrected chi connectivity index (χ3v) is 5.11. The molecule has 116 valence electrons. The molecule has 6 heteroatoms.